The molecule has 2 aromatic rings. The molecule has 140 valence electrons. The van der Waals surface area contributed by atoms with Gasteiger partial charge in [-0.05, 0) is 18.4 Å². The molecular weight excluding hydrogens is 350 g/mol. The molecule has 2 rings (SSSR count). The van der Waals surface area contributed by atoms with Gasteiger partial charge >= 0.3 is 5.97 Å². The molecule has 0 saturated carbocycles. The first-order valence-electron chi connectivity index (χ1n) is 8.84. The fourth-order valence-corrected chi connectivity index (χ4v) is 3.31. The first kappa shape index (κ1) is 20.1. The average molecular weight is 375 g/mol. The fourth-order valence-electron chi connectivity index (χ4n) is 2.58. The summed E-state index contributed by atoms with van der Waals surface area (Å²) in [5, 5.41) is 17.0. The lowest BCUT2D eigenvalue weighted by Gasteiger charge is -2.12. The van der Waals surface area contributed by atoms with Crippen molar-refractivity contribution in [3.05, 3.63) is 35.2 Å². The van der Waals surface area contributed by atoms with E-state index in [2.05, 4.69) is 34.7 Å². The van der Waals surface area contributed by atoms with E-state index in [9.17, 15) is 9.59 Å². The van der Waals surface area contributed by atoms with Crippen molar-refractivity contribution < 1.29 is 14.7 Å². The van der Waals surface area contributed by atoms with E-state index in [4.69, 9.17) is 5.11 Å². The number of nitrogens with zero attached hydrogens (tertiary/aromatic N) is 1. The summed E-state index contributed by atoms with van der Waals surface area (Å²) < 4.78 is 0. The van der Waals surface area contributed by atoms with Crippen molar-refractivity contribution in [1.82, 2.24) is 10.3 Å². The Bertz CT molecular complexity index is 728. The highest BCUT2D eigenvalue weighted by Gasteiger charge is 2.17. The molecule has 7 heteroatoms. The van der Waals surface area contributed by atoms with E-state index in [0.29, 0.717) is 11.6 Å². The van der Waals surface area contributed by atoms with Crippen molar-refractivity contribution in [3.8, 4) is 11.3 Å². The van der Waals surface area contributed by atoms with Crippen LogP contribution in [0.25, 0.3) is 11.3 Å². The molecule has 0 fully saturated rings. The molecule has 6 nitrogen and oxygen atoms in total. The number of hydrogen-bond donors (Lipinski definition) is 3. The molecule has 0 radical (unpaired) electrons. The molecule has 1 atom stereocenters. The number of aryl methyl sites for hydroxylation is 1. The number of amides is 1. The summed E-state index contributed by atoms with van der Waals surface area (Å²) in [6.45, 7) is 4.00. The van der Waals surface area contributed by atoms with Gasteiger partial charge in [-0.3, -0.25) is 14.9 Å². The SMILES string of the molecule is CCCc1ccc(-c2csc(NC(=O)CNC(CCC)C(=O)O)n2)cc1. The molecule has 0 aliphatic rings. The van der Waals surface area contributed by atoms with Crippen LogP contribution in [0.3, 0.4) is 0 Å². The maximum Gasteiger partial charge on any atom is 0.320 e. The molecule has 1 aromatic heterocycles. The number of carboxylic acid groups (broad SMARTS) is 1. The van der Waals surface area contributed by atoms with E-state index in [-0.39, 0.29) is 12.5 Å². The van der Waals surface area contributed by atoms with Crippen LogP contribution < -0.4 is 10.6 Å². The Morgan fingerprint density at radius 1 is 1.19 bits per heavy atom. The zero-order chi connectivity index (χ0) is 18.9. The van der Waals surface area contributed by atoms with Crippen LogP contribution in [0.5, 0.6) is 0 Å². The van der Waals surface area contributed by atoms with Gasteiger partial charge in [0, 0.05) is 10.9 Å². The normalized spacial score (nSPS) is 11.9. The van der Waals surface area contributed by atoms with E-state index in [0.717, 1.165) is 30.5 Å². The Kier molecular flexibility index (Phi) is 7.74. The van der Waals surface area contributed by atoms with Gasteiger partial charge in [0.05, 0.1) is 12.2 Å². The van der Waals surface area contributed by atoms with Crippen molar-refractivity contribution in [2.45, 2.75) is 45.6 Å². The Hall–Kier alpha value is -2.25. The Morgan fingerprint density at radius 3 is 2.54 bits per heavy atom. The first-order valence-corrected chi connectivity index (χ1v) is 9.72. The predicted molar refractivity (Wildman–Crippen MR) is 105 cm³/mol. The summed E-state index contributed by atoms with van der Waals surface area (Å²) in [6, 6.07) is 7.56. The van der Waals surface area contributed by atoms with E-state index >= 15 is 0 Å². The highest BCUT2D eigenvalue weighted by molar-refractivity contribution is 7.14. The molecule has 0 spiro atoms. The summed E-state index contributed by atoms with van der Waals surface area (Å²) in [5.41, 5.74) is 3.12. The van der Waals surface area contributed by atoms with Crippen molar-refractivity contribution in [2.75, 3.05) is 11.9 Å². The number of rotatable bonds is 10. The largest absolute Gasteiger partial charge is 0.480 e. The minimum absolute atomic E-state index is 0.0579. The van der Waals surface area contributed by atoms with Gasteiger partial charge in [-0.2, -0.15) is 0 Å². The molecule has 3 N–H and O–H groups in total. The second kappa shape index (κ2) is 10.0. The summed E-state index contributed by atoms with van der Waals surface area (Å²) in [4.78, 5) is 27.5. The van der Waals surface area contributed by atoms with Gasteiger partial charge in [0.1, 0.15) is 6.04 Å². The summed E-state index contributed by atoms with van der Waals surface area (Å²) in [5.74, 6) is -1.24. The van der Waals surface area contributed by atoms with Gasteiger partial charge < -0.3 is 10.4 Å². The van der Waals surface area contributed by atoms with Gasteiger partial charge in [0.25, 0.3) is 0 Å². The lowest BCUT2D eigenvalue weighted by Crippen LogP contribution is -2.41. The number of hydrogen-bond acceptors (Lipinski definition) is 5. The standard InChI is InChI=1S/C19H25N3O3S/c1-3-5-13-7-9-14(10-8-13)16-12-26-19(21-16)22-17(23)11-20-15(6-4-2)18(24)25/h7-10,12,15,20H,3-6,11H2,1-2H3,(H,24,25)(H,21,22,23). The number of aromatic nitrogens is 1. The molecule has 26 heavy (non-hydrogen) atoms. The van der Waals surface area contributed by atoms with Gasteiger partial charge in [0.2, 0.25) is 5.91 Å². The molecule has 0 saturated heterocycles. The third-order valence-electron chi connectivity index (χ3n) is 3.92. The number of carboxylic acids is 1. The second-order valence-corrected chi connectivity index (χ2v) is 6.95. The Morgan fingerprint density at radius 2 is 1.92 bits per heavy atom. The molecule has 1 unspecified atom stereocenters. The van der Waals surface area contributed by atoms with E-state index in [1.165, 1.54) is 16.9 Å². The fraction of sp³-hybridized carbons (Fsp3) is 0.421. The van der Waals surface area contributed by atoms with Crippen molar-refractivity contribution >= 4 is 28.3 Å². The zero-order valence-electron chi connectivity index (χ0n) is 15.1. The molecule has 0 bridgehead atoms. The number of nitrogens with one attached hydrogen (secondary N) is 2. The van der Waals surface area contributed by atoms with Gasteiger partial charge in [-0.1, -0.05) is 51.0 Å². The quantitative estimate of drug-likeness (QED) is 0.591. The minimum Gasteiger partial charge on any atom is -0.480 e. The average Bonchev–Trinajstić information content (AvgIpc) is 3.07. The smallest absolute Gasteiger partial charge is 0.320 e. The van der Waals surface area contributed by atoms with E-state index < -0.39 is 12.0 Å². The van der Waals surface area contributed by atoms with Crippen LogP contribution in [-0.2, 0) is 16.0 Å². The molecular formula is C19H25N3O3S. The number of carbonyl (C=O) groups excluding carboxylic acids is 1. The number of thiazole rings is 1. The molecule has 1 aromatic carbocycles. The van der Waals surface area contributed by atoms with Gasteiger partial charge in [0.15, 0.2) is 5.13 Å². The minimum atomic E-state index is -0.942. The number of benzene rings is 1. The van der Waals surface area contributed by atoms with Crippen LogP contribution in [0.4, 0.5) is 5.13 Å². The third-order valence-corrected chi connectivity index (χ3v) is 4.68. The molecule has 1 amide bonds. The zero-order valence-corrected chi connectivity index (χ0v) is 15.9. The van der Waals surface area contributed by atoms with Gasteiger partial charge in [-0.25, -0.2) is 4.98 Å². The van der Waals surface area contributed by atoms with E-state index in [1.807, 2.05) is 24.4 Å². The maximum atomic E-state index is 12.0. The second-order valence-electron chi connectivity index (χ2n) is 6.09. The monoisotopic (exact) mass is 375 g/mol. The number of anilines is 1. The Labute approximate surface area is 157 Å². The van der Waals surface area contributed by atoms with Crippen LogP contribution >= 0.6 is 11.3 Å². The molecule has 0 aliphatic carbocycles. The number of aliphatic carboxylic acids is 1. The van der Waals surface area contributed by atoms with Crippen molar-refractivity contribution in [3.63, 3.8) is 0 Å². The summed E-state index contributed by atoms with van der Waals surface area (Å²) in [6.07, 6.45) is 3.39. The van der Waals surface area contributed by atoms with E-state index in [1.54, 1.807) is 0 Å². The first-order chi connectivity index (χ1) is 12.5. The number of carbonyl (C=O) groups is 2. The highest BCUT2D eigenvalue weighted by Crippen LogP contribution is 2.25. The third kappa shape index (κ3) is 5.93. The Balaban J connectivity index is 1.90. The predicted octanol–water partition coefficient (Wildman–Crippen LogP) is 3.54. The van der Waals surface area contributed by atoms with Crippen LogP contribution in [0.15, 0.2) is 29.6 Å². The molecule has 1 heterocycles. The van der Waals surface area contributed by atoms with Crippen LogP contribution in [-0.4, -0.2) is 34.6 Å². The van der Waals surface area contributed by atoms with Crippen LogP contribution in [0, 0.1) is 0 Å². The lowest BCUT2D eigenvalue weighted by molar-refractivity contribution is -0.139. The topological polar surface area (TPSA) is 91.3 Å². The lowest BCUT2D eigenvalue weighted by atomic mass is 10.1. The van der Waals surface area contributed by atoms with Gasteiger partial charge in [-0.15, -0.1) is 11.3 Å². The maximum absolute atomic E-state index is 12.0. The highest BCUT2D eigenvalue weighted by atomic mass is 32.1. The van der Waals surface area contributed by atoms with Crippen molar-refractivity contribution in [2.24, 2.45) is 0 Å². The summed E-state index contributed by atoms with van der Waals surface area (Å²) in [7, 11) is 0. The summed E-state index contributed by atoms with van der Waals surface area (Å²) >= 11 is 1.35. The molecule has 0 aliphatic heterocycles. The van der Waals surface area contributed by atoms with Crippen LogP contribution in [0.2, 0.25) is 0 Å². The van der Waals surface area contributed by atoms with Crippen LogP contribution in [0.1, 0.15) is 38.7 Å². The van der Waals surface area contributed by atoms with Crippen molar-refractivity contribution in [1.29, 1.82) is 0 Å².